The molecule has 5 unspecified atom stereocenters. The third-order valence-corrected chi connectivity index (χ3v) is 3.81. The maximum atomic E-state index is 12.1. The Kier molecular flexibility index (Phi) is 10.4. The number of aliphatic carboxylic acids is 1. The molecule has 0 spiro atoms. The highest BCUT2D eigenvalue weighted by Gasteiger charge is 2.29. The summed E-state index contributed by atoms with van der Waals surface area (Å²) in [7, 11) is 0. The number of nitrogens with one attached hydrogen (secondary N) is 3. The molecule has 0 bridgehead atoms. The molecule has 0 fully saturated rings. The number of amides is 3. The fraction of sp³-hybridized carbons (Fsp3) is 0.733. The van der Waals surface area contributed by atoms with Gasteiger partial charge in [-0.3, -0.25) is 14.4 Å². The minimum Gasteiger partial charge on any atom is -0.480 e. The number of carboxylic acid groups (broad SMARTS) is 1. The van der Waals surface area contributed by atoms with E-state index in [1.165, 1.54) is 6.92 Å². The Morgan fingerprint density at radius 3 is 2.04 bits per heavy atom. The van der Waals surface area contributed by atoms with E-state index < -0.39 is 61.1 Å². The van der Waals surface area contributed by atoms with Crippen LogP contribution in [0.4, 0.5) is 0 Å². The summed E-state index contributed by atoms with van der Waals surface area (Å²) >= 11 is 0. The molecule has 0 saturated carbocycles. The first-order chi connectivity index (χ1) is 12.0. The lowest BCUT2D eigenvalue weighted by molar-refractivity contribution is -0.143. The van der Waals surface area contributed by atoms with Crippen LogP contribution >= 0.6 is 0 Å². The van der Waals surface area contributed by atoms with Crippen molar-refractivity contribution in [3.8, 4) is 0 Å². The SMILES string of the molecule is CCC(C)C(NC(=O)CNC(=O)C(NC(=O)C(N)CO)C(C)O)C(=O)O. The van der Waals surface area contributed by atoms with E-state index in [2.05, 4.69) is 16.0 Å². The van der Waals surface area contributed by atoms with Gasteiger partial charge >= 0.3 is 5.97 Å². The predicted molar refractivity (Wildman–Crippen MR) is 90.7 cm³/mol. The zero-order valence-electron chi connectivity index (χ0n) is 15.1. The van der Waals surface area contributed by atoms with Crippen LogP contribution in [0.15, 0.2) is 0 Å². The van der Waals surface area contributed by atoms with Crippen LogP contribution in [0, 0.1) is 5.92 Å². The molecule has 0 aromatic carbocycles. The van der Waals surface area contributed by atoms with Gasteiger partial charge in [0.25, 0.3) is 0 Å². The van der Waals surface area contributed by atoms with Crippen molar-refractivity contribution in [3.63, 3.8) is 0 Å². The van der Waals surface area contributed by atoms with Crippen molar-refractivity contribution in [2.24, 2.45) is 11.7 Å². The first kappa shape index (κ1) is 23.8. The highest BCUT2D eigenvalue weighted by Crippen LogP contribution is 2.07. The molecule has 5 atom stereocenters. The zero-order chi connectivity index (χ0) is 20.4. The van der Waals surface area contributed by atoms with Gasteiger partial charge in [-0.1, -0.05) is 20.3 Å². The molecule has 8 N–H and O–H groups in total. The minimum atomic E-state index is -1.39. The summed E-state index contributed by atoms with van der Waals surface area (Å²) in [5, 5.41) is 34.2. The molecule has 26 heavy (non-hydrogen) atoms. The molecule has 0 radical (unpaired) electrons. The lowest BCUT2D eigenvalue weighted by atomic mass is 9.99. The van der Waals surface area contributed by atoms with Crippen molar-refractivity contribution in [1.29, 1.82) is 0 Å². The van der Waals surface area contributed by atoms with Crippen LogP contribution < -0.4 is 21.7 Å². The summed E-state index contributed by atoms with van der Waals surface area (Å²) in [5.41, 5.74) is 5.32. The number of rotatable bonds is 11. The number of nitrogens with two attached hydrogens (primary N) is 1. The molecule has 0 heterocycles. The molecule has 0 aliphatic rings. The largest absolute Gasteiger partial charge is 0.480 e. The van der Waals surface area contributed by atoms with Gasteiger partial charge in [-0.05, 0) is 12.8 Å². The summed E-state index contributed by atoms with van der Waals surface area (Å²) in [4.78, 5) is 46.7. The second-order valence-corrected chi connectivity index (χ2v) is 6.00. The van der Waals surface area contributed by atoms with Crippen LogP contribution in [-0.2, 0) is 19.2 Å². The number of hydrogen-bond acceptors (Lipinski definition) is 7. The molecule has 0 aliphatic heterocycles. The van der Waals surface area contributed by atoms with Crippen LogP contribution in [-0.4, -0.2) is 76.4 Å². The molecule has 0 rings (SSSR count). The summed E-state index contributed by atoms with van der Waals surface area (Å²) < 4.78 is 0. The van der Waals surface area contributed by atoms with Crippen LogP contribution in [0.5, 0.6) is 0 Å². The fourth-order valence-corrected chi connectivity index (χ4v) is 1.93. The van der Waals surface area contributed by atoms with Gasteiger partial charge in [0.1, 0.15) is 18.1 Å². The van der Waals surface area contributed by atoms with Crippen molar-refractivity contribution >= 4 is 23.7 Å². The first-order valence-corrected chi connectivity index (χ1v) is 8.19. The molecule has 0 saturated heterocycles. The number of carbonyl (C=O) groups excluding carboxylic acids is 3. The van der Waals surface area contributed by atoms with Gasteiger partial charge in [0.2, 0.25) is 17.7 Å². The third kappa shape index (κ3) is 7.76. The summed E-state index contributed by atoms with van der Waals surface area (Å²) in [6.07, 6.45) is -0.759. The van der Waals surface area contributed by atoms with Crippen LogP contribution in [0.3, 0.4) is 0 Å². The van der Waals surface area contributed by atoms with Gasteiger partial charge in [0.05, 0.1) is 19.3 Å². The number of carboxylic acids is 1. The van der Waals surface area contributed by atoms with Gasteiger partial charge in [0.15, 0.2) is 0 Å². The van der Waals surface area contributed by atoms with E-state index in [9.17, 15) is 24.3 Å². The lowest BCUT2D eigenvalue weighted by Crippen LogP contribution is -2.57. The van der Waals surface area contributed by atoms with E-state index in [-0.39, 0.29) is 5.92 Å². The maximum Gasteiger partial charge on any atom is 0.326 e. The maximum absolute atomic E-state index is 12.1. The van der Waals surface area contributed by atoms with Crippen LogP contribution in [0.2, 0.25) is 0 Å². The Balaban J connectivity index is 4.74. The van der Waals surface area contributed by atoms with Gasteiger partial charge in [0, 0.05) is 0 Å². The van der Waals surface area contributed by atoms with Crippen molar-refractivity contribution < 1.29 is 34.5 Å². The van der Waals surface area contributed by atoms with Gasteiger partial charge in [-0.15, -0.1) is 0 Å². The number of aliphatic hydroxyl groups excluding tert-OH is 2. The first-order valence-electron chi connectivity index (χ1n) is 8.19. The van der Waals surface area contributed by atoms with Gasteiger partial charge in [-0.25, -0.2) is 4.79 Å². The lowest BCUT2D eigenvalue weighted by Gasteiger charge is -2.23. The molecule has 3 amide bonds. The van der Waals surface area contributed by atoms with E-state index in [1.54, 1.807) is 13.8 Å². The number of hydrogen-bond donors (Lipinski definition) is 7. The van der Waals surface area contributed by atoms with Crippen molar-refractivity contribution in [3.05, 3.63) is 0 Å². The average molecular weight is 376 g/mol. The van der Waals surface area contributed by atoms with E-state index in [4.69, 9.17) is 15.9 Å². The normalized spacial score (nSPS) is 16.5. The Morgan fingerprint density at radius 2 is 1.62 bits per heavy atom. The average Bonchev–Trinajstić information content (AvgIpc) is 2.59. The molecule has 150 valence electrons. The van der Waals surface area contributed by atoms with E-state index in [0.717, 1.165) is 0 Å². The molecule has 0 aromatic rings. The molecule has 11 nitrogen and oxygen atoms in total. The predicted octanol–water partition coefficient (Wildman–Crippen LogP) is -3.10. The van der Waals surface area contributed by atoms with Crippen molar-refractivity contribution in [2.45, 2.75) is 51.4 Å². The van der Waals surface area contributed by atoms with Gasteiger partial charge < -0.3 is 37.0 Å². The molecular weight excluding hydrogens is 348 g/mol. The second-order valence-electron chi connectivity index (χ2n) is 6.00. The van der Waals surface area contributed by atoms with Crippen molar-refractivity contribution in [1.82, 2.24) is 16.0 Å². The zero-order valence-corrected chi connectivity index (χ0v) is 15.1. The van der Waals surface area contributed by atoms with E-state index in [1.807, 2.05) is 0 Å². The van der Waals surface area contributed by atoms with Crippen LogP contribution in [0.25, 0.3) is 0 Å². The second kappa shape index (κ2) is 11.4. The fourth-order valence-electron chi connectivity index (χ4n) is 1.93. The van der Waals surface area contributed by atoms with E-state index >= 15 is 0 Å². The monoisotopic (exact) mass is 376 g/mol. The van der Waals surface area contributed by atoms with Gasteiger partial charge in [-0.2, -0.15) is 0 Å². The molecular formula is C15H28N4O7. The summed E-state index contributed by atoms with van der Waals surface area (Å²) in [5.74, 6) is -3.93. The Hall–Kier alpha value is -2.24. The Bertz CT molecular complexity index is 512. The number of aliphatic hydroxyl groups is 2. The summed E-state index contributed by atoms with van der Waals surface area (Å²) in [6, 6.07) is -3.75. The number of carbonyl (C=O) groups is 4. The Morgan fingerprint density at radius 1 is 1.04 bits per heavy atom. The molecule has 11 heteroatoms. The molecule has 0 aromatic heterocycles. The highest BCUT2D eigenvalue weighted by atomic mass is 16.4. The quantitative estimate of drug-likeness (QED) is 0.197. The third-order valence-electron chi connectivity index (χ3n) is 3.81. The molecule has 0 aliphatic carbocycles. The Labute approximate surface area is 151 Å². The van der Waals surface area contributed by atoms with E-state index in [0.29, 0.717) is 6.42 Å². The van der Waals surface area contributed by atoms with Crippen LogP contribution in [0.1, 0.15) is 27.2 Å². The standard InChI is InChI=1S/C15H28N4O7/c1-4-7(2)11(15(25)26)18-10(22)5-17-14(24)12(8(3)21)19-13(23)9(16)6-20/h7-9,11-12,20-21H,4-6,16H2,1-3H3,(H,17,24)(H,18,22)(H,19,23)(H,25,26). The topological polar surface area (TPSA) is 191 Å². The minimum absolute atomic E-state index is 0.309. The highest BCUT2D eigenvalue weighted by molar-refractivity contribution is 5.92. The summed E-state index contributed by atoms with van der Waals surface area (Å²) in [6.45, 7) is 3.51. The smallest absolute Gasteiger partial charge is 0.326 e. The van der Waals surface area contributed by atoms with Crippen molar-refractivity contribution in [2.75, 3.05) is 13.2 Å².